The normalized spacial score (nSPS) is 25.2. The molecule has 0 aromatic carbocycles. The van der Waals surface area contributed by atoms with Crippen LogP contribution in [-0.2, 0) is 14.3 Å². The van der Waals surface area contributed by atoms with Gasteiger partial charge in [0.05, 0.1) is 0 Å². The van der Waals surface area contributed by atoms with E-state index in [9.17, 15) is 14.0 Å². The van der Waals surface area contributed by atoms with Crippen molar-refractivity contribution in [3.63, 3.8) is 0 Å². The summed E-state index contributed by atoms with van der Waals surface area (Å²) in [4.78, 5) is 22.4. The lowest BCUT2D eigenvalue weighted by molar-refractivity contribution is -0.156. The highest BCUT2D eigenvalue weighted by Crippen LogP contribution is 2.22. The molecule has 0 spiro atoms. The van der Waals surface area contributed by atoms with Crippen LogP contribution in [0.4, 0.5) is 9.18 Å². The summed E-state index contributed by atoms with van der Waals surface area (Å²) < 4.78 is 22.7. The Balaban J connectivity index is 2.48. The Kier molecular flexibility index (Phi) is 3.52. The minimum Gasteiger partial charge on any atom is -0.428 e. The van der Waals surface area contributed by atoms with Crippen LogP contribution in [-0.4, -0.2) is 30.1 Å². The highest BCUT2D eigenvalue weighted by molar-refractivity contribution is 5.87. The van der Waals surface area contributed by atoms with Crippen LogP contribution in [0, 0.1) is 0 Å². The monoisotopic (exact) mass is 233 g/mol. The van der Waals surface area contributed by atoms with E-state index in [1.54, 1.807) is 20.8 Å². The SMILES string of the molecule is CC(C)(C)OC(=O)OC(=O)[C@@]1(F)CCCN1. The number of rotatable bonds is 1. The Morgan fingerprint density at radius 2 is 2.00 bits per heavy atom. The van der Waals surface area contributed by atoms with E-state index in [0.29, 0.717) is 13.0 Å². The van der Waals surface area contributed by atoms with Crippen LogP contribution in [0.1, 0.15) is 33.6 Å². The zero-order valence-corrected chi connectivity index (χ0v) is 9.63. The second-order valence-corrected chi connectivity index (χ2v) is 4.69. The molecule has 1 rings (SSSR count). The highest BCUT2D eigenvalue weighted by atomic mass is 19.1. The van der Waals surface area contributed by atoms with Crippen molar-refractivity contribution in [2.75, 3.05) is 6.54 Å². The molecule has 1 aliphatic rings. The van der Waals surface area contributed by atoms with Gasteiger partial charge >= 0.3 is 12.1 Å². The summed E-state index contributed by atoms with van der Waals surface area (Å²) in [5.74, 6) is -3.49. The Hall–Kier alpha value is -1.17. The van der Waals surface area contributed by atoms with Crippen molar-refractivity contribution >= 4 is 12.1 Å². The number of hydrogen-bond acceptors (Lipinski definition) is 5. The third-order valence-electron chi connectivity index (χ3n) is 1.99. The van der Waals surface area contributed by atoms with Crippen LogP contribution < -0.4 is 5.32 Å². The summed E-state index contributed by atoms with van der Waals surface area (Å²) in [6.45, 7) is 5.26. The molecule has 0 aliphatic carbocycles. The quantitative estimate of drug-likeness (QED) is 0.422. The minimum absolute atomic E-state index is 0.00856. The maximum absolute atomic E-state index is 13.7. The van der Waals surface area contributed by atoms with Gasteiger partial charge in [-0.3, -0.25) is 5.32 Å². The Bertz CT molecular complexity index is 292. The van der Waals surface area contributed by atoms with Crippen LogP contribution >= 0.6 is 0 Å². The zero-order valence-electron chi connectivity index (χ0n) is 9.63. The van der Waals surface area contributed by atoms with Gasteiger partial charge in [0.1, 0.15) is 5.60 Å². The van der Waals surface area contributed by atoms with Gasteiger partial charge in [-0.05, 0) is 33.7 Å². The third kappa shape index (κ3) is 3.44. The highest BCUT2D eigenvalue weighted by Gasteiger charge is 2.44. The smallest absolute Gasteiger partial charge is 0.428 e. The van der Waals surface area contributed by atoms with Gasteiger partial charge in [0.2, 0.25) is 0 Å². The summed E-state index contributed by atoms with van der Waals surface area (Å²) in [6, 6.07) is 0. The van der Waals surface area contributed by atoms with Gasteiger partial charge in [-0.15, -0.1) is 0 Å². The molecule has 0 bridgehead atoms. The van der Waals surface area contributed by atoms with Crippen LogP contribution in [0.2, 0.25) is 0 Å². The Labute approximate surface area is 93.3 Å². The van der Waals surface area contributed by atoms with Crippen molar-refractivity contribution in [2.24, 2.45) is 0 Å². The fraction of sp³-hybridized carbons (Fsp3) is 0.800. The van der Waals surface area contributed by atoms with E-state index in [1.807, 2.05) is 0 Å². The fourth-order valence-corrected chi connectivity index (χ4v) is 1.31. The molecule has 1 atom stereocenters. The van der Waals surface area contributed by atoms with Gasteiger partial charge in [-0.2, -0.15) is 0 Å². The van der Waals surface area contributed by atoms with E-state index < -0.39 is 23.5 Å². The second-order valence-electron chi connectivity index (χ2n) is 4.69. The van der Waals surface area contributed by atoms with Crippen molar-refractivity contribution in [3.8, 4) is 0 Å². The molecule has 1 N–H and O–H groups in total. The van der Waals surface area contributed by atoms with Gasteiger partial charge in [-0.25, -0.2) is 14.0 Å². The molecule has 0 aromatic heterocycles. The Morgan fingerprint density at radius 1 is 1.38 bits per heavy atom. The first kappa shape index (κ1) is 12.9. The topological polar surface area (TPSA) is 64.6 Å². The van der Waals surface area contributed by atoms with E-state index in [0.717, 1.165) is 0 Å². The molecule has 1 heterocycles. The maximum atomic E-state index is 13.7. The molecular formula is C10H16FNO4. The molecule has 0 aromatic rings. The van der Waals surface area contributed by atoms with Crippen molar-refractivity contribution in [1.29, 1.82) is 0 Å². The second kappa shape index (κ2) is 4.37. The van der Waals surface area contributed by atoms with Crippen LogP contribution in [0.25, 0.3) is 0 Å². The average molecular weight is 233 g/mol. The summed E-state index contributed by atoms with van der Waals surface area (Å²) in [5, 5.41) is 2.35. The molecule has 1 fully saturated rings. The number of nitrogens with one attached hydrogen (secondary N) is 1. The third-order valence-corrected chi connectivity index (χ3v) is 1.99. The van der Waals surface area contributed by atoms with Crippen LogP contribution in [0.15, 0.2) is 0 Å². The summed E-state index contributed by atoms with van der Waals surface area (Å²) in [7, 11) is 0. The number of alkyl halides is 1. The molecule has 1 saturated heterocycles. The lowest BCUT2D eigenvalue weighted by atomic mass is 10.2. The molecule has 16 heavy (non-hydrogen) atoms. The molecule has 0 saturated carbocycles. The summed E-state index contributed by atoms with van der Waals surface area (Å²) in [5.41, 5.74) is -0.774. The standard InChI is InChI=1S/C10H16FNO4/c1-9(2,3)16-8(14)15-7(13)10(11)5-4-6-12-10/h12H,4-6H2,1-3H3/t10-/m1/s1. The lowest BCUT2D eigenvalue weighted by Crippen LogP contribution is -2.45. The number of esters is 1. The predicted molar refractivity (Wildman–Crippen MR) is 53.4 cm³/mol. The molecule has 0 radical (unpaired) electrons. The molecular weight excluding hydrogens is 217 g/mol. The molecule has 0 unspecified atom stereocenters. The number of halogens is 1. The van der Waals surface area contributed by atoms with E-state index in [-0.39, 0.29) is 6.42 Å². The van der Waals surface area contributed by atoms with E-state index in [4.69, 9.17) is 4.74 Å². The number of carbonyl (C=O) groups is 2. The lowest BCUT2D eigenvalue weighted by Gasteiger charge is -2.20. The molecule has 5 nitrogen and oxygen atoms in total. The summed E-state index contributed by atoms with van der Waals surface area (Å²) >= 11 is 0. The van der Waals surface area contributed by atoms with Crippen LogP contribution in [0.3, 0.4) is 0 Å². The minimum atomic E-state index is -2.25. The molecule has 6 heteroatoms. The molecule has 1 aliphatic heterocycles. The Morgan fingerprint density at radius 3 is 2.44 bits per heavy atom. The number of ether oxygens (including phenoxy) is 2. The van der Waals surface area contributed by atoms with E-state index in [2.05, 4.69) is 10.1 Å². The largest absolute Gasteiger partial charge is 0.516 e. The summed E-state index contributed by atoms with van der Waals surface area (Å²) in [6.07, 6.45) is -0.641. The van der Waals surface area contributed by atoms with Gasteiger partial charge in [-0.1, -0.05) is 0 Å². The average Bonchev–Trinajstić information content (AvgIpc) is 2.49. The van der Waals surface area contributed by atoms with Crippen molar-refractivity contribution in [2.45, 2.75) is 45.0 Å². The van der Waals surface area contributed by atoms with Gasteiger partial charge in [0, 0.05) is 6.42 Å². The molecule has 92 valence electrons. The van der Waals surface area contributed by atoms with E-state index >= 15 is 0 Å². The van der Waals surface area contributed by atoms with Crippen molar-refractivity contribution in [3.05, 3.63) is 0 Å². The fourth-order valence-electron chi connectivity index (χ4n) is 1.31. The zero-order chi connectivity index (χ0) is 12.4. The number of carbonyl (C=O) groups excluding carboxylic acids is 2. The first-order valence-corrected chi connectivity index (χ1v) is 5.12. The molecule has 0 amide bonds. The van der Waals surface area contributed by atoms with Gasteiger partial charge < -0.3 is 9.47 Å². The van der Waals surface area contributed by atoms with Gasteiger partial charge in [0.25, 0.3) is 5.79 Å². The number of hydrogen-bond donors (Lipinski definition) is 1. The van der Waals surface area contributed by atoms with Crippen LogP contribution in [0.5, 0.6) is 0 Å². The van der Waals surface area contributed by atoms with E-state index in [1.165, 1.54) is 0 Å². The van der Waals surface area contributed by atoms with Crippen molar-refractivity contribution < 1.29 is 23.5 Å². The maximum Gasteiger partial charge on any atom is 0.516 e. The first-order chi connectivity index (χ1) is 7.23. The van der Waals surface area contributed by atoms with Crippen molar-refractivity contribution in [1.82, 2.24) is 5.32 Å². The first-order valence-electron chi connectivity index (χ1n) is 5.12. The predicted octanol–water partition coefficient (Wildman–Crippen LogP) is 1.51. The van der Waals surface area contributed by atoms with Gasteiger partial charge in [0.15, 0.2) is 0 Å².